The van der Waals surface area contributed by atoms with Crippen molar-refractivity contribution in [3.63, 3.8) is 0 Å². The minimum Gasteiger partial charge on any atom is -0.457 e. The number of para-hydroxylation sites is 6. The van der Waals surface area contributed by atoms with Crippen molar-refractivity contribution in [2.45, 2.75) is 6.42 Å². The molecule has 71 heavy (non-hydrogen) atoms. The molecular weight excluding hydrogens is 1080 g/mol. The lowest BCUT2D eigenvalue weighted by atomic mass is 10.0. The van der Waals surface area contributed by atoms with Crippen LogP contribution in [0.4, 0.5) is 17.1 Å². The molecule has 14 heteroatoms. The van der Waals surface area contributed by atoms with E-state index in [-0.39, 0.29) is 0 Å². The molecule has 340 valence electrons. The van der Waals surface area contributed by atoms with E-state index in [2.05, 4.69) is 141 Å². The first-order valence-electron chi connectivity index (χ1n) is 22.4. The zero-order valence-corrected chi connectivity index (χ0v) is 41.9. The van der Waals surface area contributed by atoms with E-state index >= 15 is 0 Å². The summed E-state index contributed by atoms with van der Waals surface area (Å²) in [6.45, 7) is 0. The Hall–Kier alpha value is -8.04. The van der Waals surface area contributed by atoms with Crippen molar-refractivity contribution in [1.29, 1.82) is 0 Å². The van der Waals surface area contributed by atoms with E-state index in [1.807, 2.05) is 146 Å². The fourth-order valence-corrected chi connectivity index (χ4v) is 9.07. The lowest BCUT2D eigenvalue weighted by Crippen LogP contribution is -2.15. The summed E-state index contributed by atoms with van der Waals surface area (Å²) in [7, 11) is 0. The van der Waals surface area contributed by atoms with Crippen LogP contribution in [0, 0.1) is 0 Å². The van der Waals surface area contributed by atoms with Crippen LogP contribution in [0.2, 0.25) is 0 Å². The number of nitrogens with zero attached hydrogens (tertiary/aromatic N) is 9. The highest BCUT2D eigenvalue weighted by Crippen LogP contribution is 2.50. The van der Waals surface area contributed by atoms with Crippen molar-refractivity contribution in [3.8, 4) is 23.0 Å². The fourth-order valence-electron chi connectivity index (χ4n) is 8.28. The standard InChI is InChI=1S/C28H16BrN5O.C16H8Br2N4.C13H10O/c29-19-13-9-17(10-14-19)25-30-27-28(31-25)33-26(32-27)18-11-15-20(16-12-18)34-21-5-1-3-7-23(21)35-24-8-4-2-6-22(24)34;17-11-5-1-9(2-6-11)13-19-15-16(20-13)22-14(21-15)10-3-7-12(18)8-4-10;1-3-7-12-10(5-1)9-11-6-2-4-8-13(11)14-12/h1-16H;1-8H;1-8H,9H2. The van der Waals surface area contributed by atoms with Crippen molar-refractivity contribution in [3.05, 3.63) is 241 Å². The van der Waals surface area contributed by atoms with Crippen molar-refractivity contribution in [2.24, 2.45) is 39.9 Å². The van der Waals surface area contributed by atoms with Gasteiger partial charge in [0, 0.05) is 47.8 Å². The number of benzene rings is 8. The molecule has 6 aliphatic heterocycles. The average Bonchev–Trinajstić information content (AvgIpc) is 4.20. The molecule has 0 spiro atoms. The predicted molar refractivity (Wildman–Crippen MR) is 295 cm³/mol. The molecule has 11 nitrogen and oxygen atoms in total. The zero-order valence-electron chi connectivity index (χ0n) is 37.2. The maximum atomic E-state index is 6.12. The molecule has 0 fully saturated rings. The van der Waals surface area contributed by atoms with Gasteiger partial charge < -0.3 is 14.4 Å². The highest BCUT2D eigenvalue weighted by Gasteiger charge is 2.29. The molecule has 14 rings (SSSR count). The number of ether oxygens (including phenoxy) is 2. The summed E-state index contributed by atoms with van der Waals surface area (Å²) in [6, 6.07) is 64.3. The zero-order chi connectivity index (χ0) is 47.8. The topological polar surface area (TPSA) is 121 Å². The second-order valence-corrected chi connectivity index (χ2v) is 19.2. The van der Waals surface area contributed by atoms with E-state index in [9.17, 15) is 0 Å². The molecule has 0 saturated heterocycles. The average molecular weight is 1120 g/mol. The van der Waals surface area contributed by atoms with Gasteiger partial charge in [0.15, 0.2) is 34.8 Å². The molecule has 0 radical (unpaired) electrons. The lowest BCUT2D eigenvalue weighted by molar-refractivity contribution is 0.460. The van der Waals surface area contributed by atoms with Gasteiger partial charge in [0.25, 0.3) is 0 Å². The molecular formula is C57H34Br3N9O2. The van der Waals surface area contributed by atoms with Crippen molar-refractivity contribution < 1.29 is 9.47 Å². The minimum atomic E-state index is 0.554. The van der Waals surface area contributed by atoms with Gasteiger partial charge in [-0.25, -0.2) is 39.9 Å². The Morgan fingerprint density at radius 1 is 0.296 bits per heavy atom. The normalized spacial score (nSPS) is 14.9. The molecule has 0 bridgehead atoms. The molecule has 8 aromatic carbocycles. The third-order valence-electron chi connectivity index (χ3n) is 11.8. The molecule has 6 aliphatic rings. The Kier molecular flexibility index (Phi) is 11.9. The lowest BCUT2D eigenvalue weighted by Gasteiger charge is -2.32. The summed E-state index contributed by atoms with van der Waals surface area (Å²) in [5, 5.41) is 0. The van der Waals surface area contributed by atoms with E-state index in [0.29, 0.717) is 46.7 Å². The minimum absolute atomic E-state index is 0.554. The highest BCUT2D eigenvalue weighted by atomic mass is 79.9. The van der Waals surface area contributed by atoms with Gasteiger partial charge in [0.1, 0.15) is 11.5 Å². The Morgan fingerprint density at radius 3 is 0.944 bits per heavy atom. The largest absolute Gasteiger partial charge is 0.457 e. The summed E-state index contributed by atoms with van der Waals surface area (Å²) in [5.74, 6) is 8.46. The molecule has 0 aliphatic carbocycles. The number of rotatable bonds is 5. The van der Waals surface area contributed by atoms with Crippen LogP contribution in [0.3, 0.4) is 0 Å². The first-order valence-corrected chi connectivity index (χ1v) is 24.8. The van der Waals surface area contributed by atoms with Crippen LogP contribution in [0.25, 0.3) is 0 Å². The quantitative estimate of drug-likeness (QED) is 0.171. The van der Waals surface area contributed by atoms with Gasteiger partial charge in [-0.3, -0.25) is 0 Å². The molecule has 6 heterocycles. The second-order valence-electron chi connectivity index (χ2n) is 16.4. The number of hydrogen-bond acceptors (Lipinski definition) is 11. The predicted octanol–water partition coefficient (Wildman–Crippen LogP) is 14.7. The van der Waals surface area contributed by atoms with E-state index in [4.69, 9.17) is 9.47 Å². The molecule has 0 aromatic heterocycles. The number of aliphatic imine (C=N–C) groups is 8. The monoisotopic (exact) mass is 1110 g/mol. The fraction of sp³-hybridized carbons (Fsp3) is 0.0175. The molecule has 0 N–H and O–H groups in total. The Balaban J connectivity index is 0.000000122. The van der Waals surface area contributed by atoms with E-state index < -0.39 is 0 Å². The third kappa shape index (κ3) is 9.16. The van der Waals surface area contributed by atoms with Gasteiger partial charge in [-0.05, 0) is 108 Å². The Bertz CT molecular complexity index is 3480. The molecule has 0 atom stereocenters. The van der Waals surface area contributed by atoms with E-state index in [1.54, 1.807) is 0 Å². The Labute approximate surface area is 433 Å². The van der Waals surface area contributed by atoms with Gasteiger partial charge in [-0.15, -0.1) is 0 Å². The van der Waals surface area contributed by atoms with Crippen molar-refractivity contribution in [1.82, 2.24) is 0 Å². The first kappa shape index (κ1) is 44.2. The summed E-state index contributed by atoms with van der Waals surface area (Å²) in [4.78, 5) is 38.5. The van der Waals surface area contributed by atoms with Crippen LogP contribution in [-0.2, 0) is 6.42 Å². The maximum absolute atomic E-state index is 6.12. The van der Waals surface area contributed by atoms with Crippen LogP contribution >= 0.6 is 47.8 Å². The maximum Gasteiger partial charge on any atom is 0.202 e. The van der Waals surface area contributed by atoms with Crippen molar-refractivity contribution in [2.75, 3.05) is 4.90 Å². The summed E-state index contributed by atoms with van der Waals surface area (Å²) in [6.07, 6.45) is 0.979. The number of anilines is 3. The molecule has 0 amide bonds. The van der Waals surface area contributed by atoms with Crippen LogP contribution in [0.15, 0.2) is 247 Å². The van der Waals surface area contributed by atoms with Crippen LogP contribution < -0.4 is 14.4 Å². The molecule has 8 aromatic rings. The summed E-state index contributed by atoms with van der Waals surface area (Å²) >= 11 is 10.3. The number of amidine groups is 8. The van der Waals surface area contributed by atoms with Gasteiger partial charge in [-0.2, -0.15) is 0 Å². The first-order chi connectivity index (χ1) is 34.8. The van der Waals surface area contributed by atoms with Gasteiger partial charge in [-0.1, -0.05) is 145 Å². The van der Waals surface area contributed by atoms with Gasteiger partial charge in [0.05, 0.1) is 11.4 Å². The van der Waals surface area contributed by atoms with Gasteiger partial charge in [0.2, 0.25) is 23.3 Å². The molecule has 0 saturated carbocycles. The summed E-state index contributed by atoms with van der Waals surface area (Å²) in [5.41, 5.74) is 9.31. The molecule has 0 unspecified atom stereocenters. The van der Waals surface area contributed by atoms with Crippen molar-refractivity contribution >= 4 is 112 Å². The number of fused-ring (bicyclic) bond motifs is 6. The number of hydrogen-bond donors (Lipinski definition) is 0. The SMILES string of the molecule is Brc1ccc(C2=NC3=NC(c4ccc(Br)cc4)=NC3=N2)cc1.Brc1ccc(C2=NC3=NC(c4ccc(N5c6ccccc6Oc6ccccc65)cc4)=NC3=N2)cc1.c1ccc2c(c1)Cc1ccccc1O2. The Morgan fingerprint density at radius 2 is 0.577 bits per heavy atom. The second kappa shape index (κ2) is 19.0. The number of halogens is 3. The van der Waals surface area contributed by atoms with Crippen LogP contribution in [-0.4, -0.2) is 46.7 Å². The highest BCUT2D eigenvalue weighted by molar-refractivity contribution is 9.11. The van der Waals surface area contributed by atoms with Gasteiger partial charge >= 0.3 is 0 Å². The van der Waals surface area contributed by atoms with Crippen LogP contribution in [0.5, 0.6) is 23.0 Å². The summed E-state index contributed by atoms with van der Waals surface area (Å²) < 4.78 is 15.0. The smallest absolute Gasteiger partial charge is 0.202 e. The van der Waals surface area contributed by atoms with E-state index in [1.165, 1.54) is 11.1 Å². The third-order valence-corrected chi connectivity index (χ3v) is 13.3. The van der Waals surface area contributed by atoms with E-state index in [0.717, 1.165) is 82.2 Å². The van der Waals surface area contributed by atoms with Crippen LogP contribution in [0.1, 0.15) is 33.4 Å².